The molecule has 2 aliphatic rings. The van der Waals surface area contributed by atoms with Gasteiger partial charge in [0.15, 0.2) is 11.5 Å². The van der Waals surface area contributed by atoms with E-state index in [9.17, 15) is 15.3 Å². The molecule has 0 spiro atoms. The van der Waals surface area contributed by atoms with Crippen molar-refractivity contribution in [1.29, 1.82) is 0 Å². The Labute approximate surface area is 170 Å². The second-order valence-corrected chi connectivity index (χ2v) is 8.23. The number of hydrogen-bond acceptors (Lipinski definition) is 4. The summed E-state index contributed by atoms with van der Waals surface area (Å²) in [6.45, 7) is 4.00. The zero-order valence-electron chi connectivity index (χ0n) is 17.6. The fourth-order valence-corrected chi connectivity index (χ4v) is 4.64. The summed E-state index contributed by atoms with van der Waals surface area (Å²) in [5.74, 6) is 1.49. The van der Waals surface area contributed by atoms with Gasteiger partial charge in [-0.15, -0.1) is 0 Å². The molecule has 4 nitrogen and oxygen atoms in total. The van der Waals surface area contributed by atoms with Crippen molar-refractivity contribution < 1.29 is 15.3 Å². The lowest BCUT2D eigenvalue weighted by molar-refractivity contribution is 0.107. The first kappa shape index (κ1) is 22.6. The van der Waals surface area contributed by atoms with E-state index in [-0.39, 0.29) is 17.6 Å². The zero-order chi connectivity index (χ0) is 20.5. The fraction of sp³-hybridized carbons (Fsp3) is 0.667. The SMILES string of the molecule is CC.Nc1c(C2CCC(/C=C/CCC3CCC(O)CC3)CC2)ccc(O)c1O. The highest BCUT2D eigenvalue weighted by Crippen LogP contribution is 2.43. The monoisotopic (exact) mass is 389 g/mol. The van der Waals surface area contributed by atoms with Crippen molar-refractivity contribution in [3.05, 3.63) is 29.8 Å². The van der Waals surface area contributed by atoms with E-state index < -0.39 is 0 Å². The number of hydrogen-bond donors (Lipinski definition) is 4. The van der Waals surface area contributed by atoms with E-state index in [1.165, 1.54) is 25.3 Å². The van der Waals surface area contributed by atoms with Crippen LogP contribution in [0.4, 0.5) is 5.69 Å². The normalized spacial score (nSPS) is 28.0. The minimum Gasteiger partial charge on any atom is -0.504 e. The Morgan fingerprint density at radius 3 is 2.25 bits per heavy atom. The number of nitrogen functional groups attached to an aromatic ring is 1. The molecular formula is C24H39NO3. The molecule has 5 N–H and O–H groups in total. The fourth-order valence-electron chi connectivity index (χ4n) is 4.64. The summed E-state index contributed by atoms with van der Waals surface area (Å²) in [6, 6.07) is 3.39. The van der Waals surface area contributed by atoms with Gasteiger partial charge in [-0.3, -0.25) is 0 Å². The maximum Gasteiger partial charge on any atom is 0.181 e. The summed E-state index contributed by atoms with van der Waals surface area (Å²) in [5.41, 5.74) is 7.30. The van der Waals surface area contributed by atoms with Gasteiger partial charge in [0.05, 0.1) is 11.8 Å². The molecule has 158 valence electrons. The van der Waals surface area contributed by atoms with Crippen molar-refractivity contribution in [2.24, 2.45) is 11.8 Å². The highest BCUT2D eigenvalue weighted by Gasteiger charge is 2.24. The van der Waals surface area contributed by atoms with Crippen LogP contribution in [0.3, 0.4) is 0 Å². The summed E-state index contributed by atoms with van der Waals surface area (Å²) in [6.07, 6.45) is 15.9. The van der Waals surface area contributed by atoms with Crippen LogP contribution in [0, 0.1) is 11.8 Å². The third kappa shape index (κ3) is 6.16. The molecule has 28 heavy (non-hydrogen) atoms. The Hall–Kier alpha value is -1.68. The number of benzene rings is 1. The highest BCUT2D eigenvalue weighted by atomic mass is 16.3. The third-order valence-corrected chi connectivity index (χ3v) is 6.41. The maximum absolute atomic E-state index is 9.83. The second-order valence-electron chi connectivity index (χ2n) is 8.23. The molecule has 0 bridgehead atoms. The van der Waals surface area contributed by atoms with Crippen molar-refractivity contribution in [3.8, 4) is 11.5 Å². The zero-order valence-corrected chi connectivity index (χ0v) is 17.6. The van der Waals surface area contributed by atoms with Gasteiger partial charge in [0.1, 0.15) is 0 Å². The van der Waals surface area contributed by atoms with Crippen LogP contribution < -0.4 is 5.73 Å². The summed E-state index contributed by atoms with van der Waals surface area (Å²) < 4.78 is 0. The van der Waals surface area contributed by atoms with Gasteiger partial charge in [-0.2, -0.15) is 0 Å². The second kappa shape index (κ2) is 11.4. The maximum atomic E-state index is 9.83. The first-order chi connectivity index (χ1) is 13.5. The number of allylic oxidation sites excluding steroid dienone is 2. The summed E-state index contributed by atoms with van der Waals surface area (Å²) >= 11 is 0. The van der Waals surface area contributed by atoms with E-state index in [1.807, 2.05) is 19.9 Å². The molecule has 1 aromatic rings. The minimum atomic E-state index is -0.181. The van der Waals surface area contributed by atoms with Gasteiger partial charge < -0.3 is 21.1 Å². The largest absolute Gasteiger partial charge is 0.504 e. The molecule has 0 heterocycles. The van der Waals surface area contributed by atoms with E-state index >= 15 is 0 Å². The van der Waals surface area contributed by atoms with Crippen LogP contribution in [0.5, 0.6) is 11.5 Å². The average Bonchev–Trinajstić information content (AvgIpc) is 2.73. The van der Waals surface area contributed by atoms with E-state index in [4.69, 9.17) is 5.73 Å². The topological polar surface area (TPSA) is 86.7 Å². The quantitative estimate of drug-likeness (QED) is 0.288. The Balaban J connectivity index is 0.00000136. The van der Waals surface area contributed by atoms with Crippen LogP contribution in [0.15, 0.2) is 24.3 Å². The lowest BCUT2D eigenvalue weighted by Crippen LogP contribution is -2.17. The van der Waals surface area contributed by atoms with Crippen molar-refractivity contribution in [1.82, 2.24) is 0 Å². The number of nitrogens with two attached hydrogens (primary N) is 1. The average molecular weight is 390 g/mol. The van der Waals surface area contributed by atoms with Crippen LogP contribution in [0.1, 0.15) is 89.5 Å². The molecule has 4 heteroatoms. The molecule has 0 atom stereocenters. The summed E-state index contributed by atoms with van der Waals surface area (Å²) in [4.78, 5) is 0. The Morgan fingerprint density at radius 1 is 0.964 bits per heavy atom. The number of phenols is 2. The lowest BCUT2D eigenvalue weighted by atomic mass is 9.78. The van der Waals surface area contributed by atoms with Gasteiger partial charge in [0.25, 0.3) is 0 Å². The first-order valence-corrected chi connectivity index (χ1v) is 11.2. The smallest absolute Gasteiger partial charge is 0.181 e. The molecule has 0 unspecified atom stereocenters. The standard InChI is InChI=1S/C22H33NO3.C2H6/c23-21-19(13-14-20(25)22(21)26)17-9-5-15(6-10-17)3-1-2-4-16-7-11-18(24)12-8-16;1-2/h1,3,13-18,24-26H,2,4-12,23H2;1-2H3/b3-1+;. The van der Waals surface area contributed by atoms with Gasteiger partial charge in [0.2, 0.25) is 0 Å². The Bertz CT molecular complexity index is 613. The number of rotatable bonds is 5. The number of aliphatic hydroxyl groups is 1. The van der Waals surface area contributed by atoms with Crippen LogP contribution in [0.25, 0.3) is 0 Å². The van der Waals surface area contributed by atoms with Crippen molar-refractivity contribution in [2.45, 2.75) is 90.1 Å². The van der Waals surface area contributed by atoms with Gasteiger partial charge in [0, 0.05) is 0 Å². The predicted octanol–water partition coefficient (Wildman–Crippen LogP) is 5.87. The molecule has 3 rings (SSSR count). The number of aliphatic hydroxyl groups excluding tert-OH is 1. The van der Waals surface area contributed by atoms with E-state index in [2.05, 4.69) is 12.2 Å². The van der Waals surface area contributed by atoms with Crippen LogP contribution in [-0.2, 0) is 0 Å². The Kier molecular flexibility index (Phi) is 9.17. The predicted molar refractivity (Wildman–Crippen MR) is 117 cm³/mol. The molecule has 0 amide bonds. The molecule has 1 aromatic carbocycles. The Morgan fingerprint density at radius 2 is 1.61 bits per heavy atom. The molecular weight excluding hydrogens is 350 g/mol. The number of anilines is 1. The molecule has 0 saturated heterocycles. The third-order valence-electron chi connectivity index (χ3n) is 6.41. The van der Waals surface area contributed by atoms with Crippen molar-refractivity contribution in [2.75, 3.05) is 5.73 Å². The van der Waals surface area contributed by atoms with E-state index in [0.717, 1.165) is 56.4 Å². The molecule has 0 radical (unpaired) electrons. The van der Waals surface area contributed by atoms with Gasteiger partial charge in [-0.25, -0.2) is 0 Å². The van der Waals surface area contributed by atoms with Gasteiger partial charge in [-0.1, -0.05) is 32.1 Å². The number of phenolic OH excluding ortho intramolecular Hbond substituents is 2. The van der Waals surface area contributed by atoms with Crippen LogP contribution >= 0.6 is 0 Å². The van der Waals surface area contributed by atoms with E-state index in [0.29, 0.717) is 17.5 Å². The first-order valence-electron chi connectivity index (χ1n) is 11.2. The molecule has 2 saturated carbocycles. The summed E-state index contributed by atoms with van der Waals surface area (Å²) in [7, 11) is 0. The lowest BCUT2D eigenvalue weighted by Gasteiger charge is -2.28. The van der Waals surface area contributed by atoms with Crippen LogP contribution in [0.2, 0.25) is 0 Å². The van der Waals surface area contributed by atoms with Gasteiger partial charge in [-0.05, 0) is 93.6 Å². The summed E-state index contributed by atoms with van der Waals surface area (Å²) in [5, 5.41) is 28.9. The highest BCUT2D eigenvalue weighted by molar-refractivity contribution is 5.64. The van der Waals surface area contributed by atoms with Gasteiger partial charge >= 0.3 is 0 Å². The molecule has 2 aliphatic carbocycles. The molecule has 0 aliphatic heterocycles. The minimum absolute atomic E-state index is 0.0542. The van der Waals surface area contributed by atoms with E-state index in [1.54, 1.807) is 0 Å². The molecule has 2 fully saturated rings. The van der Waals surface area contributed by atoms with Crippen LogP contribution in [-0.4, -0.2) is 21.4 Å². The van der Waals surface area contributed by atoms with Crippen molar-refractivity contribution >= 4 is 5.69 Å². The van der Waals surface area contributed by atoms with Crippen molar-refractivity contribution in [3.63, 3.8) is 0 Å². The molecule has 0 aromatic heterocycles. The number of aromatic hydroxyl groups is 2.